The van der Waals surface area contributed by atoms with Gasteiger partial charge in [-0.25, -0.2) is 14.4 Å². The number of nitrogens with one attached hydrogen (secondary N) is 2. The Morgan fingerprint density at radius 1 is 0.872 bits per heavy atom. The van der Waals surface area contributed by atoms with E-state index in [1.165, 1.54) is 38.7 Å². The van der Waals surface area contributed by atoms with Crippen LogP contribution >= 0.6 is 22.7 Å². The van der Waals surface area contributed by atoms with Crippen molar-refractivity contribution in [2.24, 2.45) is 5.92 Å². The number of benzene rings is 4. The van der Waals surface area contributed by atoms with Crippen molar-refractivity contribution >= 4 is 57.3 Å². The van der Waals surface area contributed by atoms with Gasteiger partial charge in [0.15, 0.2) is 5.13 Å². The number of hydrogen-bond acceptors (Lipinski definition) is 15. The Bertz CT molecular complexity index is 3230. The summed E-state index contributed by atoms with van der Waals surface area (Å²) in [5, 5.41) is 29.1. The van der Waals surface area contributed by atoms with Crippen LogP contribution in [0.1, 0.15) is 80.5 Å². The fourth-order valence-electron chi connectivity index (χ4n) is 9.87. The largest absolute Gasteiger partial charge is 0.508 e. The van der Waals surface area contributed by atoms with Crippen molar-refractivity contribution in [1.82, 2.24) is 30.0 Å². The second kappa shape index (κ2) is 25.3. The smallest absolute Gasteiger partial charge is 0.256 e. The van der Waals surface area contributed by atoms with Gasteiger partial charge in [0.2, 0.25) is 11.8 Å². The molecule has 0 bridgehead atoms. The molecule has 9 rings (SSSR count). The van der Waals surface area contributed by atoms with E-state index < -0.39 is 47.8 Å². The molecule has 4 atom stereocenters. The number of phenols is 1. The minimum absolute atomic E-state index is 0.0192. The number of aliphatic hydroxyl groups excluding tert-OH is 1. The number of hydrogen-bond donors (Lipinski definition) is 4. The summed E-state index contributed by atoms with van der Waals surface area (Å²) >= 11 is 2.68. The molecule has 18 nitrogen and oxygen atoms in total. The van der Waals surface area contributed by atoms with E-state index in [-0.39, 0.29) is 113 Å². The molecule has 3 aliphatic rings. The molecule has 406 valence electrons. The summed E-state index contributed by atoms with van der Waals surface area (Å²) in [5.41, 5.74) is 6.91. The number of likely N-dealkylation sites (tertiary alicyclic amines) is 1. The Labute approximate surface area is 458 Å². The standard InChI is InChI=1S/C57H58FN7O11S2/c1-34(2)49(64-30-39-8-4-5-12-43(39)54(64)70)56(72)63-32-42(66)28-45(63)52(68)60-29-38-14-13-37(51-35(3)61-33-78-51)26-47(38)76-24-23-75-22-21-74-20-19-73-18-7-11-36-9-6-10-40-31-65(55(71)48(36)40)50(44-27-41(58)15-16-46(44)67)53(69)62-57-59-17-25-77-57/h4-6,8-10,12-17,25-27,33-34,42,45,49-50,66-67H,18-24,28-32H2,1-3H3,(H,60,68)(H,59,62,69)/t42-,45+,49+,50-/m1/s1. The van der Waals surface area contributed by atoms with E-state index in [4.69, 9.17) is 18.9 Å². The molecule has 0 aliphatic carbocycles. The molecule has 0 unspecified atom stereocenters. The number of aromatic hydroxyl groups is 1. The van der Waals surface area contributed by atoms with Crippen molar-refractivity contribution in [2.45, 2.75) is 71.1 Å². The van der Waals surface area contributed by atoms with E-state index >= 15 is 0 Å². The number of ether oxygens (including phenoxy) is 4. The van der Waals surface area contributed by atoms with Gasteiger partial charge in [0, 0.05) is 66.4 Å². The summed E-state index contributed by atoms with van der Waals surface area (Å²) in [4.78, 5) is 83.0. The zero-order valence-electron chi connectivity index (χ0n) is 43.1. The lowest BCUT2D eigenvalue weighted by molar-refractivity contribution is -0.143. The summed E-state index contributed by atoms with van der Waals surface area (Å²) in [7, 11) is 0. The van der Waals surface area contributed by atoms with Gasteiger partial charge in [-0.1, -0.05) is 68.2 Å². The van der Waals surface area contributed by atoms with Gasteiger partial charge in [0.05, 0.1) is 60.8 Å². The number of carbonyl (C=O) groups excluding carboxylic acids is 5. The molecule has 0 spiro atoms. The Morgan fingerprint density at radius 2 is 1.63 bits per heavy atom. The quantitative estimate of drug-likeness (QED) is 0.0422. The van der Waals surface area contributed by atoms with Crippen LogP contribution in [-0.2, 0) is 48.2 Å². The number of halogens is 1. The first-order chi connectivity index (χ1) is 37.8. The van der Waals surface area contributed by atoms with Crippen LogP contribution < -0.4 is 15.4 Å². The minimum Gasteiger partial charge on any atom is -0.508 e. The van der Waals surface area contributed by atoms with Crippen molar-refractivity contribution in [1.29, 1.82) is 0 Å². The van der Waals surface area contributed by atoms with E-state index in [0.717, 1.165) is 39.9 Å². The number of rotatable bonds is 22. The second-order valence-electron chi connectivity index (χ2n) is 19.1. The highest BCUT2D eigenvalue weighted by Gasteiger charge is 2.46. The molecule has 0 radical (unpaired) electrons. The van der Waals surface area contributed by atoms with Crippen LogP contribution in [-0.4, -0.2) is 135 Å². The number of phenolic OH excluding ortho intramolecular Hbond substituents is 1. The second-order valence-corrected chi connectivity index (χ2v) is 20.9. The number of anilines is 1. The van der Waals surface area contributed by atoms with Gasteiger partial charge in [-0.3, -0.25) is 29.3 Å². The van der Waals surface area contributed by atoms with Gasteiger partial charge in [0.1, 0.15) is 48.7 Å². The number of nitrogens with zero attached hydrogens (tertiary/aromatic N) is 5. The molecule has 1 saturated heterocycles. The predicted molar refractivity (Wildman–Crippen MR) is 288 cm³/mol. The lowest BCUT2D eigenvalue weighted by Gasteiger charge is -2.35. The van der Waals surface area contributed by atoms with Crippen molar-refractivity contribution < 1.29 is 57.5 Å². The molecule has 4 N–H and O–H groups in total. The minimum atomic E-state index is -1.37. The summed E-state index contributed by atoms with van der Waals surface area (Å²) in [5.74, 6) is 2.99. The third-order valence-electron chi connectivity index (χ3n) is 13.6. The van der Waals surface area contributed by atoms with E-state index in [1.54, 1.807) is 46.1 Å². The van der Waals surface area contributed by atoms with Gasteiger partial charge in [0.25, 0.3) is 17.7 Å². The molecule has 5 heterocycles. The van der Waals surface area contributed by atoms with Crippen molar-refractivity contribution in [3.8, 4) is 33.8 Å². The summed E-state index contributed by atoms with van der Waals surface area (Å²) < 4.78 is 37.8. The molecular weight excluding hydrogens is 1040 g/mol. The summed E-state index contributed by atoms with van der Waals surface area (Å²) in [6, 6.07) is 18.3. The van der Waals surface area contributed by atoms with Gasteiger partial charge < -0.3 is 49.2 Å². The molecule has 1 fully saturated rings. The van der Waals surface area contributed by atoms with Crippen LogP contribution in [0, 0.1) is 30.5 Å². The van der Waals surface area contributed by atoms with Gasteiger partial charge >= 0.3 is 0 Å². The molecule has 2 aromatic heterocycles. The molecular formula is C57H58FN7O11S2. The highest BCUT2D eigenvalue weighted by Crippen LogP contribution is 2.38. The Hall–Kier alpha value is -7.58. The van der Waals surface area contributed by atoms with Crippen LogP contribution in [0.25, 0.3) is 10.4 Å². The lowest BCUT2D eigenvalue weighted by Crippen LogP contribution is -2.55. The average molecular weight is 1100 g/mol. The van der Waals surface area contributed by atoms with Gasteiger partial charge in [-0.2, -0.15) is 0 Å². The highest BCUT2D eigenvalue weighted by atomic mass is 32.1. The maximum absolute atomic E-state index is 14.4. The molecule has 21 heteroatoms. The van der Waals surface area contributed by atoms with E-state index in [0.29, 0.717) is 33.6 Å². The fraction of sp³-hybridized carbons (Fsp3) is 0.351. The Kier molecular flexibility index (Phi) is 17.9. The predicted octanol–water partition coefficient (Wildman–Crippen LogP) is 6.49. The third-order valence-corrected chi connectivity index (χ3v) is 15.2. The lowest BCUT2D eigenvalue weighted by atomic mass is 10.0. The van der Waals surface area contributed by atoms with Crippen molar-refractivity contribution in [2.75, 3.05) is 58.1 Å². The molecule has 4 aromatic carbocycles. The third kappa shape index (κ3) is 12.5. The molecule has 0 saturated carbocycles. The number of amides is 5. The number of thiazole rings is 2. The first-order valence-electron chi connectivity index (χ1n) is 25.4. The van der Waals surface area contributed by atoms with E-state index in [1.807, 2.05) is 51.1 Å². The van der Waals surface area contributed by atoms with Crippen molar-refractivity contribution in [3.63, 3.8) is 0 Å². The number of aliphatic hydroxyl groups is 1. The average Bonchev–Trinajstić information content (AvgIpc) is 4.46. The number of carbonyl (C=O) groups is 5. The topological polar surface area (TPSA) is 222 Å². The van der Waals surface area contributed by atoms with E-state index in [2.05, 4.69) is 32.4 Å². The fourth-order valence-corrected chi connectivity index (χ4v) is 11.2. The Balaban J connectivity index is 0.725. The number of aromatic nitrogens is 2. The SMILES string of the molecule is Cc1ncsc1-c1ccc(CNC(=O)[C@@H]2C[C@@H](O)CN2C(=O)[C@H](C(C)C)N2Cc3ccccc3C2=O)c(OCCOCCOCCOCC#Cc2cccc3c2C(=O)N([C@@H](C(=O)Nc2nccs2)c2cc(F)ccc2O)C3)c1. The zero-order chi connectivity index (χ0) is 54.9. The van der Waals surface area contributed by atoms with Crippen LogP contribution in [0.15, 0.2) is 96.0 Å². The molecule has 3 aliphatic heterocycles. The number of aryl methyl sites for hydroxylation is 1. The first-order valence-corrected chi connectivity index (χ1v) is 27.2. The van der Waals surface area contributed by atoms with Crippen LogP contribution in [0.3, 0.4) is 0 Å². The normalized spacial score (nSPS) is 16.5. The highest BCUT2D eigenvalue weighted by molar-refractivity contribution is 7.14. The van der Waals surface area contributed by atoms with Crippen molar-refractivity contribution in [3.05, 3.63) is 146 Å². The summed E-state index contributed by atoms with van der Waals surface area (Å²) in [6.45, 7) is 7.57. The van der Waals surface area contributed by atoms with E-state index in [9.17, 15) is 38.6 Å². The number of β-amino-alcohol motifs (C(OH)–C–C–N with tert-alkyl or cyclic N) is 1. The zero-order valence-corrected chi connectivity index (χ0v) is 44.7. The van der Waals surface area contributed by atoms with Crippen LogP contribution in [0.4, 0.5) is 9.52 Å². The monoisotopic (exact) mass is 1100 g/mol. The molecule has 78 heavy (non-hydrogen) atoms. The first kappa shape index (κ1) is 55.2. The van der Waals surface area contributed by atoms with Gasteiger partial charge in [-0.15, -0.1) is 22.7 Å². The maximum Gasteiger partial charge on any atom is 0.256 e. The maximum atomic E-state index is 14.4. The molecule has 6 aromatic rings. The molecule has 5 amide bonds. The van der Waals surface area contributed by atoms with Gasteiger partial charge in [-0.05, 0) is 65.9 Å². The Morgan fingerprint density at radius 3 is 2.37 bits per heavy atom. The van der Waals surface area contributed by atoms with Crippen LogP contribution in [0.2, 0.25) is 0 Å². The van der Waals surface area contributed by atoms with Crippen LogP contribution in [0.5, 0.6) is 11.5 Å². The number of fused-ring (bicyclic) bond motifs is 2. The summed E-state index contributed by atoms with van der Waals surface area (Å²) in [6.07, 6.45) is 0.664.